The Morgan fingerprint density at radius 1 is 1.11 bits per heavy atom. The van der Waals surface area contributed by atoms with E-state index in [1.165, 1.54) is 18.2 Å². The Bertz CT molecular complexity index is 923. The van der Waals surface area contributed by atoms with Crippen molar-refractivity contribution >= 4 is 21.7 Å². The van der Waals surface area contributed by atoms with Crippen molar-refractivity contribution in [1.82, 2.24) is 5.32 Å². The summed E-state index contributed by atoms with van der Waals surface area (Å²) in [5.74, 6) is -1.02. The number of carbonyl (C=O) groups excluding carboxylic acids is 2. The molecular weight excluding hydrogens is 366 g/mol. The van der Waals surface area contributed by atoms with Crippen LogP contribution < -0.4 is 5.32 Å². The van der Waals surface area contributed by atoms with Crippen molar-refractivity contribution in [3.8, 4) is 0 Å². The average Bonchev–Trinajstić information content (AvgIpc) is 2.64. The molecule has 0 aliphatic heterocycles. The molecule has 6 nitrogen and oxygen atoms in total. The van der Waals surface area contributed by atoms with Crippen LogP contribution in [-0.2, 0) is 19.4 Å². The third-order valence-corrected chi connectivity index (χ3v) is 5.28. The number of rotatable bonds is 7. The molecule has 27 heavy (non-hydrogen) atoms. The number of ether oxygens (including phenoxy) is 1. The molecule has 0 aliphatic carbocycles. The molecule has 1 atom stereocenters. The van der Waals surface area contributed by atoms with Crippen molar-refractivity contribution in [1.29, 1.82) is 0 Å². The van der Waals surface area contributed by atoms with Gasteiger partial charge < -0.3 is 10.1 Å². The zero-order valence-corrected chi connectivity index (χ0v) is 16.4. The second-order valence-corrected chi connectivity index (χ2v) is 8.46. The lowest BCUT2D eigenvalue weighted by Crippen LogP contribution is -2.31. The monoisotopic (exact) mass is 389 g/mol. The van der Waals surface area contributed by atoms with Crippen molar-refractivity contribution in [2.24, 2.45) is 0 Å². The molecule has 0 fully saturated rings. The molecule has 0 saturated heterocycles. The van der Waals surface area contributed by atoms with E-state index < -0.39 is 28.3 Å². The number of benzene rings is 2. The van der Waals surface area contributed by atoms with Gasteiger partial charge in [-0.05, 0) is 36.1 Å². The maximum atomic E-state index is 12.2. The van der Waals surface area contributed by atoms with Gasteiger partial charge in [0.1, 0.15) is 0 Å². The minimum absolute atomic E-state index is 0.0289. The van der Waals surface area contributed by atoms with E-state index >= 15 is 0 Å². The molecule has 0 bridgehead atoms. The van der Waals surface area contributed by atoms with Crippen LogP contribution in [0.4, 0.5) is 0 Å². The molecule has 0 unspecified atom stereocenters. The van der Waals surface area contributed by atoms with Gasteiger partial charge in [0.25, 0.3) is 5.91 Å². The molecule has 0 aliphatic rings. The summed E-state index contributed by atoms with van der Waals surface area (Å²) < 4.78 is 28.3. The van der Waals surface area contributed by atoms with Gasteiger partial charge in [0, 0.05) is 12.8 Å². The van der Waals surface area contributed by atoms with Gasteiger partial charge >= 0.3 is 5.97 Å². The standard InChI is InChI=1S/C20H23NO5S/c1-14-9-10-17(27(3,24)25)11-18(14)20(23)26-13-19(22)21-12-15(2)16-7-5-4-6-8-16/h4-11,15H,12-13H2,1-3H3,(H,21,22)/t15-/m0/s1. The Morgan fingerprint density at radius 2 is 1.78 bits per heavy atom. The third-order valence-electron chi connectivity index (χ3n) is 4.17. The van der Waals surface area contributed by atoms with Crippen LogP contribution >= 0.6 is 0 Å². The second-order valence-electron chi connectivity index (χ2n) is 6.44. The molecule has 2 aromatic carbocycles. The molecule has 1 amide bonds. The largest absolute Gasteiger partial charge is 0.452 e. The number of hydrogen-bond acceptors (Lipinski definition) is 5. The zero-order valence-electron chi connectivity index (χ0n) is 15.6. The fourth-order valence-electron chi connectivity index (χ4n) is 2.48. The average molecular weight is 389 g/mol. The number of hydrogen-bond donors (Lipinski definition) is 1. The van der Waals surface area contributed by atoms with E-state index in [2.05, 4.69) is 5.32 Å². The van der Waals surface area contributed by atoms with Gasteiger partial charge in [0.15, 0.2) is 16.4 Å². The van der Waals surface area contributed by atoms with Gasteiger partial charge in [-0.1, -0.05) is 43.3 Å². The lowest BCUT2D eigenvalue weighted by Gasteiger charge is -2.13. The molecule has 144 valence electrons. The quantitative estimate of drug-likeness (QED) is 0.735. The Hall–Kier alpha value is -2.67. The Morgan fingerprint density at radius 3 is 2.41 bits per heavy atom. The maximum Gasteiger partial charge on any atom is 0.338 e. The first-order valence-corrected chi connectivity index (χ1v) is 10.4. The highest BCUT2D eigenvalue weighted by Crippen LogP contribution is 2.17. The summed E-state index contributed by atoms with van der Waals surface area (Å²) in [6, 6.07) is 14.0. The van der Waals surface area contributed by atoms with E-state index in [-0.39, 0.29) is 16.4 Å². The topological polar surface area (TPSA) is 89.5 Å². The van der Waals surface area contributed by atoms with Crippen molar-refractivity contribution in [2.45, 2.75) is 24.7 Å². The van der Waals surface area contributed by atoms with E-state index in [4.69, 9.17) is 4.74 Å². The molecule has 2 aromatic rings. The Balaban J connectivity index is 1.91. The van der Waals surface area contributed by atoms with E-state index in [1.807, 2.05) is 37.3 Å². The Kier molecular flexibility index (Phi) is 6.74. The van der Waals surface area contributed by atoms with E-state index in [9.17, 15) is 18.0 Å². The predicted octanol–water partition coefficient (Wildman–Crippen LogP) is 2.48. The van der Waals surface area contributed by atoms with Gasteiger partial charge in [0.2, 0.25) is 0 Å². The lowest BCUT2D eigenvalue weighted by atomic mass is 10.0. The van der Waals surface area contributed by atoms with Gasteiger partial charge in [-0.15, -0.1) is 0 Å². The number of nitrogens with one attached hydrogen (secondary N) is 1. The molecule has 0 saturated carbocycles. The fraction of sp³-hybridized carbons (Fsp3) is 0.300. The molecule has 7 heteroatoms. The highest BCUT2D eigenvalue weighted by molar-refractivity contribution is 7.90. The SMILES string of the molecule is Cc1ccc(S(C)(=O)=O)cc1C(=O)OCC(=O)NC[C@H](C)c1ccccc1. The highest BCUT2D eigenvalue weighted by atomic mass is 32.2. The number of amides is 1. The van der Waals surface area contributed by atoms with Gasteiger partial charge in [0.05, 0.1) is 10.5 Å². The predicted molar refractivity (Wildman–Crippen MR) is 102 cm³/mol. The first-order chi connectivity index (χ1) is 12.7. The van der Waals surface area contributed by atoms with Gasteiger partial charge in [-0.25, -0.2) is 13.2 Å². The van der Waals surface area contributed by atoms with Crippen molar-refractivity contribution < 1.29 is 22.7 Å². The summed E-state index contributed by atoms with van der Waals surface area (Å²) in [5.41, 5.74) is 1.80. The number of sulfone groups is 1. The van der Waals surface area contributed by atoms with Crippen LogP contribution in [-0.4, -0.2) is 39.7 Å². The normalized spacial score (nSPS) is 12.3. The lowest BCUT2D eigenvalue weighted by molar-refractivity contribution is -0.124. The maximum absolute atomic E-state index is 12.2. The van der Waals surface area contributed by atoms with Crippen LogP contribution in [0, 0.1) is 6.92 Å². The molecule has 0 heterocycles. The zero-order chi connectivity index (χ0) is 20.0. The van der Waals surface area contributed by atoms with Crippen LogP contribution in [0.15, 0.2) is 53.4 Å². The van der Waals surface area contributed by atoms with Crippen molar-refractivity contribution in [3.05, 3.63) is 65.2 Å². The summed E-state index contributed by atoms with van der Waals surface area (Å²) >= 11 is 0. The van der Waals surface area contributed by atoms with Crippen LogP contribution in [0.5, 0.6) is 0 Å². The molecular formula is C20H23NO5S. The molecule has 1 N–H and O–H groups in total. The first kappa shape index (κ1) is 20.6. The van der Waals surface area contributed by atoms with Gasteiger partial charge in [-0.2, -0.15) is 0 Å². The Labute approximate surface area is 159 Å². The minimum Gasteiger partial charge on any atom is -0.452 e. The highest BCUT2D eigenvalue weighted by Gasteiger charge is 2.17. The molecule has 2 rings (SSSR count). The summed E-state index contributed by atoms with van der Waals surface area (Å²) in [7, 11) is -3.44. The minimum atomic E-state index is -3.44. The molecule has 0 radical (unpaired) electrons. The van der Waals surface area contributed by atoms with E-state index in [1.54, 1.807) is 6.92 Å². The molecule has 0 spiro atoms. The first-order valence-electron chi connectivity index (χ1n) is 8.48. The second kappa shape index (κ2) is 8.81. The number of carbonyl (C=O) groups is 2. The third kappa shape index (κ3) is 5.92. The van der Waals surface area contributed by atoms with Crippen molar-refractivity contribution in [3.63, 3.8) is 0 Å². The van der Waals surface area contributed by atoms with Crippen molar-refractivity contribution in [2.75, 3.05) is 19.4 Å². The smallest absolute Gasteiger partial charge is 0.338 e. The summed E-state index contributed by atoms with van der Waals surface area (Å²) in [5, 5.41) is 2.73. The van der Waals surface area contributed by atoms with Gasteiger partial charge in [-0.3, -0.25) is 4.79 Å². The fourth-order valence-corrected chi connectivity index (χ4v) is 3.13. The molecule has 0 aromatic heterocycles. The number of aryl methyl sites for hydroxylation is 1. The van der Waals surface area contributed by atoms with E-state index in [0.717, 1.165) is 11.8 Å². The van der Waals surface area contributed by atoms with E-state index in [0.29, 0.717) is 12.1 Å². The van der Waals surface area contributed by atoms with Crippen LogP contribution in [0.3, 0.4) is 0 Å². The van der Waals surface area contributed by atoms with Crippen LogP contribution in [0.25, 0.3) is 0 Å². The summed E-state index contributed by atoms with van der Waals surface area (Å²) in [6.45, 7) is 3.65. The number of esters is 1. The summed E-state index contributed by atoms with van der Waals surface area (Å²) in [6.07, 6.45) is 1.06. The summed E-state index contributed by atoms with van der Waals surface area (Å²) in [4.78, 5) is 24.2. The van der Waals surface area contributed by atoms with Crippen LogP contribution in [0.1, 0.15) is 34.3 Å². The van der Waals surface area contributed by atoms with Crippen LogP contribution in [0.2, 0.25) is 0 Å².